The summed E-state index contributed by atoms with van der Waals surface area (Å²) in [5, 5.41) is 2.77. The van der Waals surface area contributed by atoms with E-state index in [1.807, 2.05) is 44.2 Å². The van der Waals surface area contributed by atoms with Crippen LogP contribution in [0.1, 0.15) is 36.2 Å². The third-order valence-corrected chi connectivity index (χ3v) is 5.50. The van der Waals surface area contributed by atoms with Crippen LogP contribution in [-0.4, -0.2) is 40.7 Å². The van der Waals surface area contributed by atoms with E-state index in [1.165, 1.54) is 25.3 Å². The molecule has 2 aromatic carbocycles. The van der Waals surface area contributed by atoms with Crippen LogP contribution in [0.25, 0.3) is 0 Å². The number of methoxy groups -OCH3 is 1. The average Bonchev–Trinajstić information content (AvgIpc) is 2.72. The lowest BCUT2D eigenvalue weighted by Gasteiger charge is -2.13. The molecule has 0 aromatic heterocycles. The minimum atomic E-state index is -3.87. The maximum absolute atomic E-state index is 12.8. The van der Waals surface area contributed by atoms with Crippen LogP contribution < -0.4 is 14.8 Å². The number of ether oxygens (including phenoxy) is 2. The minimum absolute atomic E-state index is 0.0771. The zero-order valence-electron chi connectivity index (χ0n) is 17.0. The van der Waals surface area contributed by atoms with E-state index in [9.17, 15) is 13.2 Å². The SMILES string of the molecule is COc1ccc(C(=O)NCCCOC(C)C)cc1S(=O)(=O)NCc1ccccc1. The Labute approximate surface area is 172 Å². The van der Waals surface area contributed by atoms with E-state index in [2.05, 4.69) is 10.0 Å². The van der Waals surface area contributed by atoms with Crippen LogP contribution in [0.3, 0.4) is 0 Å². The van der Waals surface area contributed by atoms with Crippen LogP contribution in [-0.2, 0) is 21.3 Å². The highest BCUT2D eigenvalue weighted by Gasteiger charge is 2.21. The van der Waals surface area contributed by atoms with Gasteiger partial charge in [-0.15, -0.1) is 0 Å². The standard InChI is InChI=1S/C21H28N2O5S/c1-16(2)28-13-7-12-22-21(24)18-10-11-19(27-3)20(14-18)29(25,26)23-15-17-8-5-4-6-9-17/h4-6,8-11,14,16,23H,7,12-13,15H2,1-3H3,(H,22,24). The topological polar surface area (TPSA) is 93.7 Å². The molecule has 2 rings (SSSR count). The molecule has 2 aromatic rings. The van der Waals surface area contributed by atoms with Gasteiger partial charge in [0.25, 0.3) is 5.91 Å². The quantitative estimate of drug-likeness (QED) is 0.545. The maximum atomic E-state index is 12.8. The molecule has 8 heteroatoms. The molecule has 2 N–H and O–H groups in total. The molecule has 1 amide bonds. The van der Waals surface area contributed by atoms with E-state index < -0.39 is 10.0 Å². The molecule has 0 saturated carbocycles. The molecule has 0 bridgehead atoms. The second kappa shape index (κ2) is 10.9. The molecule has 7 nitrogen and oxygen atoms in total. The smallest absolute Gasteiger partial charge is 0.251 e. The first-order valence-corrected chi connectivity index (χ1v) is 10.9. The number of hydrogen-bond donors (Lipinski definition) is 2. The van der Waals surface area contributed by atoms with E-state index in [-0.39, 0.29) is 34.8 Å². The van der Waals surface area contributed by atoms with Crippen molar-refractivity contribution in [1.82, 2.24) is 10.0 Å². The monoisotopic (exact) mass is 420 g/mol. The Morgan fingerprint density at radius 2 is 1.83 bits per heavy atom. The molecule has 0 heterocycles. The Bertz CT molecular complexity index is 899. The minimum Gasteiger partial charge on any atom is -0.495 e. The van der Waals surface area contributed by atoms with E-state index in [1.54, 1.807) is 0 Å². The largest absolute Gasteiger partial charge is 0.495 e. The Hall–Kier alpha value is -2.42. The number of rotatable bonds is 11. The van der Waals surface area contributed by atoms with Crippen molar-refractivity contribution in [3.8, 4) is 5.75 Å². The van der Waals surface area contributed by atoms with Crippen molar-refractivity contribution in [2.24, 2.45) is 0 Å². The van der Waals surface area contributed by atoms with Crippen molar-refractivity contribution in [3.63, 3.8) is 0 Å². The lowest BCUT2D eigenvalue weighted by Crippen LogP contribution is -2.27. The molecule has 0 aliphatic rings. The molecular weight excluding hydrogens is 392 g/mol. The summed E-state index contributed by atoms with van der Waals surface area (Å²) in [4.78, 5) is 12.3. The maximum Gasteiger partial charge on any atom is 0.251 e. The first-order valence-electron chi connectivity index (χ1n) is 9.45. The van der Waals surface area contributed by atoms with Crippen molar-refractivity contribution in [1.29, 1.82) is 0 Å². The van der Waals surface area contributed by atoms with E-state index in [0.29, 0.717) is 19.6 Å². The molecule has 0 saturated heterocycles. The summed E-state index contributed by atoms with van der Waals surface area (Å²) in [5.74, 6) is -0.177. The Morgan fingerprint density at radius 3 is 2.48 bits per heavy atom. The predicted octanol–water partition coefficient (Wildman–Crippen LogP) is 2.72. The number of carbonyl (C=O) groups excluding carboxylic acids is 1. The second-order valence-electron chi connectivity index (χ2n) is 6.70. The molecule has 0 fully saturated rings. The average molecular weight is 421 g/mol. The fourth-order valence-corrected chi connectivity index (χ4v) is 3.79. The Balaban J connectivity index is 2.07. The zero-order valence-corrected chi connectivity index (χ0v) is 17.8. The molecule has 158 valence electrons. The molecule has 0 radical (unpaired) electrons. The summed E-state index contributed by atoms with van der Waals surface area (Å²) in [6.45, 7) is 5.02. The Kier molecular flexibility index (Phi) is 8.63. The van der Waals surface area contributed by atoms with Crippen molar-refractivity contribution in [3.05, 3.63) is 59.7 Å². The van der Waals surface area contributed by atoms with Crippen molar-refractivity contribution < 1.29 is 22.7 Å². The van der Waals surface area contributed by atoms with Crippen molar-refractivity contribution >= 4 is 15.9 Å². The van der Waals surface area contributed by atoms with Crippen molar-refractivity contribution in [2.75, 3.05) is 20.3 Å². The molecule has 29 heavy (non-hydrogen) atoms. The van der Waals surface area contributed by atoms with Crippen LogP contribution >= 0.6 is 0 Å². The number of carbonyl (C=O) groups is 1. The fourth-order valence-electron chi connectivity index (χ4n) is 2.58. The molecule has 0 aliphatic carbocycles. The fraction of sp³-hybridized carbons (Fsp3) is 0.381. The van der Waals surface area contributed by atoms with Gasteiger partial charge in [0.1, 0.15) is 10.6 Å². The third-order valence-electron chi connectivity index (χ3n) is 4.08. The number of hydrogen-bond acceptors (Lipinski definition) is 5. The summed E-state index contributed by atoms with van der Waals surface area (Å²) in [5.41, 5.74) is 1.07. The van der Waals surface area contributed by atoms with Crippen LogP contribution in [0.15, 0.2) is 53.4 Å². The van der Waals surface area contributed by atoms with Gasteiger partial charge < -0.3 is 14.8 Å². The summed E-state index contributed by atoms with van der Waals surface area (Å²) >= 11 is 0. The lowest BCUT2D eigenvalue weighted by atomic mass is 10.2. The summed E-state index contributed by atoms with van der Waals surface area (Å²) < 4.78 is 38.7. The van der Waals surface area contributed by atoms with Gasteiger partial charge in [-0.2, -0.15) is 0 Å². The van der Waals surface area contributed by atoms with Gasteiger partial charge >= 0.3 is 0 Å². The molecule has 0 atom stereocenters. The van der Waals surface area contributed by atoms with Crippen LogP contribution in [0.4, 0.5) is 0 Å². The third kappa shape index (κ3) is 7.16. The lowest BCUT2D eigenvalue weighted by molar-refractivity contribution is 0.0757. The summed E-state index contributed by atoms with van der Waals surface area (Å²) in [6, 6.07) is 13.5. The number of benzene rings is 2. The second-order valence-corrected chi connectivity index (χ2v) is 8.44. The molecular formula is C21H28N2O5S. The van der Waals surface area contributed by atoms with E-state index in [4.69, 9.17) is 9.47 Å². The van der Waals surface area contributed by atoms with Gasteiger partial charge in [0.05, 0.1) is 13.2 Å². The zero-order chi connectivity index (χ0) is 21.3. The highest BCUT2D eigenvalue weighted by atomic mass is 32.2. The van der Waals surface area contributed by atoms with Gasteiger partial charge in [0.15, 0.2) is 0 Å². The van der Waals surface area contributed by atoms with Gasteiger partial charge in [0.2, 0.25) is 10.0 Å². The van der Waals surface area contributed by atoms with Crippen LogP contribution in [0.5, 0.6) is 5.75 Å². The van der Waals surface area contributed by atoms with Crippen LogP contribution in [0, 0.1) is 0 Å². The highest BCUT2D eigenvalue weighted by molar-refractivity contribution is 7.89. The van der Waals surface area contributed by atoms with Gasteiger partial charge in [-0.1, -0.05) is 30.3 Å². The van der Waals surface area contributed by atoms with Crippen molar-refractivity contribution in [2.45, 2.75) is 37.8 Å². The first-order chi connectivity index (χ1) is 13.8. The van der Waals surface area contributed by atoms with Gasteiger partial charge in [0, 0.05) is 25.3 Å². The normalized spacial score (nSPS) is 11.4. The highest BCUT2D eigenvalue weighted by Crippen LogP contribution is 2.25. The number of nitrogens with one attached hydrogen (secondary N) is 2. The van der Waals surface area contributed by atoms with Gasteiger partial charge in [-0.05, 0) is 44.0 Å². The van der Waals surface area contributed by atoms with Crippen LogP contribution in [0.2, 0.25) is 0 Å². The molecule has 0 aliphatic heterocycles. The summed E-state index contributed by atoms with van der Waals surface area (Å²) in [6.07, 6.45) is 0.813. The first kappa shape index (κ1) is 22.9. The van der Waals surface area contributed by atoms with Gasteiger partial charge in [-0.25, -0.2) is 13.1 Å². The molecule has 0 spiro atoms. The Morgan fingerprint density at radius 1 is 1.10 bits per heavy atom. The number of amides is 1. The van der Waals surface area contributed by atoms with E-state index in [0.717, 1.165) is 5.56 Å². The molecule has 0 unspecified atom stereocenters. The summed E-state index contributed by atoms with van der Waals surface area (Å²) in [7, 11) is -2.48. The van der Waals surface area contributed by atoms with Gasteiger partial charge in [-0.3, -0.25) is 4.79 Å². The number of sulfonamides is 1. The van der Waals surface area contributed by atoms with E-state index >= 15 is 0 Å². The predicted molar refractivity (Wildman–Crippen MR) is 111 cm³/mol.